The summed E-state index contributed by atoms with van der Waals surface area (Å²) >= 11 is 0. The molecule has 1 atom stereocenters. The lowest BCUT2D eigenvalue weighted by molar-refractivity contribution is 0.263. The van der Waals surface area contributed by atoms with Gasteiger partial charge in [0.25, 0.3) is 0 Å². The van der Waals surface area contributed by atoms with Crippen LogP contribution in [0.15, 0.2) is 24.3 Å². The molecule has 3 nitrogen and oxygen atoms in total. The minimum absolute atomic E-state index is 0.324. The molecule has 1 aromatic rings. The third-order valence-electron chi connectivity index (χ3n) is 2.73. The van der Waals surface area contributed by atoms with Crippen LogP contribution in [0.1, 0.15) is 18.5 Å². The summed E-state index contributed by atoms with van der Waals surface area (Å²) in [4.78, 5) is 2.26. The molecule has 0 radical (unpaired) electrons. The van der Waals surface area contributed by atoms with E-state index < -0.39 is 0 Å². The summed E-state index contributed by atoms with van der Waals surface area (Å²) in [6, 6.07) is 7.77. The zero-order valence-electron chi connectivity index (χ0n) is 9.70. The number of likely N-dealkylation sites (N-methyl/N-ethyl adjacent to an activating group) is 2. The molecule has 0 aliphatic carbocycles. The van der Waals surface area contributed by atoms with Gasteiger partial charge in [0.1, 0.15) is 5.75 Å². The standard InChI is InChI=1S/C12H20N2O/c1-10(14(3)8-7-13-2)11-5-4-6-12(15)9-11/h4-6,9-10,13,15H,7-8H2,1-3H3. The highest BCUT2D eigenvalue weighted by Crippen LogP contribution is 2.21. The van der Waals surface area contributed by atoms with Crippen LogP contribution in [0.2, 0.25) is 0 Å². The van der Waals surface area contributed by atoms with Gasteiger partial charge in [-0.3, -0.25) is 4.90 Å². The number of aromatic hydroxyl groups is 1. The van der Waals surface area contributed by atoms with E-state index in [1.54, 1.807) is 6.07 Å². The highest BCUT2D eigenvalue weighted by molar-refractivity contribution is 5.29. The van der Waals surface area contributed by atoms with Gasteiger partial charge in [-0.15, -0.1) is 0 Å². The summed E-state index contributed by atoms with van der Waals surface area (Å²) in [7, 11) is 4.04. The van der Waals surface area contributed by atoms with Gasteiger partial charge in [0, 0.05) is 19.1 Å². The fourth-order valence-corrected chi connectivity index (χ4v) is 1.52. The van der Waals surface area contributed by atoms with Crippen molar-refractivity contribution in [3.63, 3.8) is 0 Å². The van der Waals surface area contributed by atoms with E-state index in [1.807, 2.05) is 25.2 Å². The molecule has 0 bridgehead atoms. The molecular formula is C12H20N2O. The fraction of sp³-hybridized carbons (Fsp3) is 0.500. The molecule has 0 saturated carbocycles. The van der Waals surface area contributed by atoms with Crippen molar-refractivity contribution in [2.24, 2.45) is 0 Å². The van der Waals surface area contributed by atoms with Crippen LogP contribution in [0.5, 0.6) is 5.75 Å². The first kappa shape index (κ1) is 12.0. The van der Waals surface area contributed by atoms with E-state index in [0.29, 0.717) is 11.8 Å². The minimum Gasteiger partial charge on any atom is -0.508 e. The number of nitrogens with one attached hydrogen (secondary N) is 1. The normalized spacial score (nSPS) is 13.1. The molecule has 1 rings (SSSR count). The van der Waals surface area contributed by atoms with Crippen LogP contribution in [0.3, 0.4) is 0 Å². The lowest BCUT2D eigenvalue weighted by Gasteiger charge is -2.24. The Morgan fingerprint density at radius 1 is 1.47 bits per heavy atom. The lowest BCUT2D eigenvalue weighted by atomic mass is 10.1. The van der Waals surface area contributed by atoms with E-state index in [2.05, 4.69) is 24.2 Å². The Bertz CT molecular complexity index is 301. The van der Waals surface area contributed by atoms with Gasteiger partial charge in [0.15, 0.2) is 0 Å². The van der Waals surface area contributed by atoms with Crippen molar-refractivity contribution in [3.05, 3.63) is 29.8 Å². The maximum atomic E-state index is 9.39. The van der Waals surface area contributed by atoms with Crippen molar-refractivity contribution < 1.29 is 5.11 Å². The van der Waals surface area contributed by atoms with E-state index >= 15 is 0 Å². The average Bonchev–Trinajstić information content (AvgIpc) is 2.24. The molecule has 0 aromatic heterocycles. The molecular weight excluding hydrogens is 188 g/mol. The second-order valence-electron chi connectivity index (χ2n) is 3.86. The highest BCUT2D eigenvalue weighted by atomic mass is 16.3. The number of rotatable bonds is 5. The summed E-state index contributed by atoms with van der Waals surface area (Å²) in [5, 5.41) is 12.5. The molecule has 1 unspecified atom stereocenters. The SMILES string of the molecule is CNCCN(C)C(C)c1cccc(O)c1. The predicted molar refractivity (Wildman–Crippen MR) is 63.1 cm³/mol. The van der Waals surface area contributed by atoms with Crippen molar-refractivity contribution in [3.8, 4) is 5.75 Å². The Hall–Kier alpha value is -1.06. The molecule has 84 valence electrons. The summed E-state index contributed by atoms with van der Waals surface area (Å²) in [5.41, 5.74) is 1.15. The summed E-state index contributed by atoms with van der Waals surface area (Å²) in [5.74, 6) is 0.335. The third kappa shape index (κ3) is 3.53. The number of phenolic OH excluding ortho intramolecular Hbond substituents is 1. The van der Waals surface area contributed by atoms with Crippen LogP contribution in [0, 0.1) is 0 Å². The van der Waals surface area contributed by atoms with Crippen LogP contribution in [0.4, 0.5) is 0 Å². The second kappa shape index (κ2) is 5.73. The summed E-state index contributed by atoms with van der Waals surface area (Å²) < 4.78 is 0. The quantitative estimate of drug-likeness (QED) is 0.771. The average molecular weight is 208 g/mol. The predicted octanol–water partition coefficient (Wildman–Crippen LogP) is 1.60. The summed E-state index contributed by atoms with van der Waals surface area (Å²) in [6.45, 7) is 4.11. The van der Waals surface area contributed by atoms with Gasteiger partial charge in [-0.1, -0.05) is 12.1 Å². The van der Waals surface area contributed by atoms with Crippen molar-refractivity contribution in [1.29, 1.82) is 0 Å². The van der Waals surface area contributed by atoms with Gasteiger partial charge in [0.05, 0.1) is 0 Å². The first-order chi connectivity index (χ1) is 7.15. The number of nitrogens with zero attached hydrogens (tertiary/aromatic N) is 1. The largest absolute Gasteiger partial charge is 0.508 e. The Kier molecular flexibility index (Phi) is 4.59. The van der Waals surface area contributed by atoms with Crippen molar-refractivity contribution in [1.82, 2.24) is 10.2 Å². The van der Waals surface area contributed by atoms with E-state index in [0.717, 1.165) is 18.7 Å². The van der Waals surface area contributed by atoms with Crippen LogP contribution in [-0.2, 0) is 0 Å². The van der Waals surface area contributed by atoms with Crippen molar-refractivity contribution >= 4 is 0 Å². The van der Waals surface area contributed by atoms with Gasteiger partial charge in [-0.2, -0.15) is 0 Å². The zero-order valence-corrected chi connectivity index (χ0v) is 9.70. The summed E-state index contributed by atoms with van der Waals surface area (Å²) in [6.07, 6.45) is 0. The molecule has 15 heavy (non-hydrogen) atoms. The maximum Gasteiger partial charge on any atom is 0.115 e. The smallest absolute Gasteiger partial charge is 0.115 e. The highest BCUT2D eigenvalue weighted by Gasteiger charge is 2.10. The topological polar surface area (TPSA) is 35.5 Å². The van der Waals surface area contributed by atoms with Gasteiger partial charge in [-0.05, 0) is 38.7 Å². The first-order valence-corrected chi connectivity index (χ1v) is 5.29. The molecule has 0 amide bonds. The van der Waals surface area contributed by atoms with E-state index in [1.165, 1.54) is 0 Å². The zero-order chi connectivity index (χ0) is 11.3. The van der Waals surface area contributed by atoms with Gasteiger partial charge >= 0.3 is 0 Å². The Morgan fingerprint density at radius 3 is 2.80 bits per heavy atom. The number of phenols is 1. The van der Waals surface area contributed by atoms with Crippen molar-refractivity contribution in [2.45, 2.75) is 13.0 Å². The molecule has 0 aliphatic rings. The number of hydrogen-bond acceptors (Lipinski definition) is 3. The Labute approximate surface area is 91.7 Å². The maximum absolute atomic E-state index is 9.39. The van der Waals surface area contributed by atoms with Gasteiger partial charge in [-0.25, -0.2) is 0 Å². The van der Waals surface area contributed by atoms with Crippen LogP contribution < -0.4 is 5.32 Å². The first-order valence-electron chi connectivity index (χ1n) is 5.29. The monoisotopic (exact) mass is 208 g/mol. The van der Waals surface area contributed by atoms with E-state index in [-0.39, 0.29) is 0 Å². The van der Waals surface area contributed by atoms with Crippen LogP contribution in [0.25, 0.3) is 0 Å². The van der Waals surface area contributed by atoms with Gasteiger partial charge < -0.3 is 10.4 Å². The van der Waals surface area contributed by atoms with Crippen molar-refractivity contribution in [2.75, 3.05) is 27.2 Å². The Balaban J connectivity index is 2.62. The van der Waals surface area contributed by atoms with E-state index in [4.69, 9.17) is 0 Å². The molecule has 0 fully saturated rings. The Morgan fingerprint density at radius 2 is 2.20 bits per heavy atom. The molecule has 2 N–H and O–H groups in total. The van der Waals surface area contributed by atoms with Crippen LogP contribution >= 0.6 is 0 Å². The second-order valence-corrected chi connectivity index (χ2v) is 3.86. The molecule has 0 heterocycles. The van der Waals surface area contributed by atoms with Gasteiger partial charge in [0.2, 0.25) is 0 Å². The molecule has 0 aliphatic heterocycles. The lowest BCUT2D eigenvalue weighted by Crippen LogP contribution is -2.29. The fourth-order valence-electron chi connectivity index (χ4n) is 1.52. The molecule has 3 heteroatoms. The molecule has 0 saturated heterocycles. The third-order valence-corrected chi connectivity index (χ3v) is 2.73. The molecule has 0 spiro atoms. The molecule has 1 aromatic carbocycles. The van der Waals surface area contributed by atoms with Crippen LogP contribution in [-0.4, -0.2) is 37.2 Å². The number of benzene rings is 1. The number of hydrogen-bond donors (Lipinski definition) is 2. The minimum atomic E-state index is 0.324. The van der Waals surface area contributed by atoms with E-state index in [9.17, 15) is 5.11 Å².